The molecule has 5 nitrogen and oxygen atoms in total. The van der Waals surface area contributed by atoms with Crippen LogP contribution in [0.3, 0.4) is 0 Å². The number of rotatable bonds is 5. The van der Waals surface area contributed by atoms with E-state index in [4.69, 9.17) is 16.3 Å². The van der Waals surface area contributed by atoms with Crippen molar-refractivity contribution in [2.45, 2.75) is 56.5 Å². The molecule has 2 N–H and O–H groups in total. The van der Waals surface area contributed by atoms with Gasteiger partial charge in [-0.2, -0.15) is 13.2 Å². The Morgan fingerprint density at radius 1 is 1.19 bits per heavy atom. The Morgan fingerprint density at radius 2 is 1.92 bits per heavy atom. The Morgan fingerprint density at radius 3 is 2.54 bits per heavy atom. The minimum absolute atomic E-state index is 0.145. The van der Waals surface area contributed by atoms with Gasteiger partial charge in [0, 0.05) is 11.7 Å². The molecule has 1 saturated heterocycles. The maximum absolute atomic E-state index is 12.6. The quantitative estimate of drug-likeness (QED) is 0.806. The van der Waals surface area contributed by atoms with Crippen LogP contribution in [0, 0.1) is 0 Å². The maximum atomic E-state index is 12.6. The van der Waals surface area contributed by atoms with E-state index >= 15 is 0 Å². The highest BCUT2D eigenvalue weighted by atomic mass is 35.5. The van der Waals surface area contributed by atoms with Crippen LogP contribution in [0.2, 0.25) is 5.02 Å². The molecule has 9 heteroatoms. The lowest BCUT2D eigenvalue weighted by atomic mass is 10.1. The average molecular weight is 391 g/mol. The van der Waals surface area contributed by atoms with Gasteiger partial charge in [0.05, 0.1) is 23.1 Å². The van der Waals surface area contributed by atoms with Gasteiger partial charge in [-0.15, -0.1) is 0 Å². The fraction of sp³-hybridized carbons (Fsp3) is 0.529. The molecular weight excluding hydrogens is 373 g/mol. The van der Waals surface area contributed by atoms with Crippen molar-refractivity contribution < 1.29 is 27.5 Å². The number of alkyl halides is 3. The van der Waals surface area contributed by atoms with Crippen molar-refractivity contribution in [1.82, 2.24) is 5.32 Å². The van der Waals surface area contributed by atoms with Crippen molar-refractivity contribution in [2.75, 3.05) is 5.32 Å². The highest BCUT2D eigenvalue weighted by Gasteiger charge is 2.45. The van der Waals surface area contributed by atoms with Crippen LogP contribution in [-0.2, 0) is 9.53 Å². The van der Waals surface area contributed by atoms with E-state index < -0.39 is 24.3 Å². The summed E-state index contributed by atoms with van der Waals surface area (Å²) in [7, 11) is 0. The lowest BCUT2D eigenvalue weighted by Crippen LogP contribution is -2.29. The first kappa shape index (κ1) is 19.0. The third-order valence-corrected chi connectivity index (χ3v) is 4.62. The number of ether oxygens (including phenoxy) is 1. The number of nitrogens with one attached hydrogen (secondary N) is 2. The van der Waals surface area contributed by atoms with Crippen LogP contribution >= 0.6 is 11.6 Å². The van der Waals surface area contributed by atoms with Gasteiger partial charge in [0.25, 0.3) is 5.91 Å². The molecule has 2 unspecified atom stereocenters. The third kappa shape index (κ3) is 4.88. The summed E-state index contributed by atoms with van der Waals surface area (Å²) in [5.41, 5.74) is 0.594. The summed E-state index contributed by atoms with van der Waals surface area (Å²) in [6.45, 7) is 0. The van der Waals surface area contributed by atoms with E-state index in [1.165, 1.54) is 18.2 Å². The molecule has 1 aliphatic carbocycles. The molecule has 1 aromatic rings. The van der Waals surface area contributed by atoms with Crippen molar-refractivity contribution in [3.8, 4) is 0 Å². The molecule has 0 bridgehead atoms. The Bertz CT molecular complexity index is 707. The van der Waals surface area contributed by atoms with Crippen LogP contribution in [-0.4, -0.2) is 36.2 Å². The molecule has 2 fully saturated rings. The zero-order valence-electron chi connectivity index (χ0n) is 13.7. The molecule has 3 rings (SSSR count). The van der Waals surface area contributed by atoms with Gasteiger partial charge in [-0.05, 0) is 43.9 Å². The first-order valence-electron chi connectivity index (χ1n) is 8.35. The largest absolute Gasteiger partial charge is 0.414 e. The van der Waals surface area contributed by atoms with Crippen molar-refractivity contribution in [2.24, 2.45) is 0 Å². The fourth-order valence-corrected chi connectivity index (χ4v) is 2.99. The van der Waals surface area contributed by atoms with Crippen LogP contribution < -0.4 is 10.6 Å². The molecular formula is C17H18ClF3N2O3. The van der Waals surface area contributed by atoms with Crippen LogP contribution in [0.1, 0.15) is 42.5 Å². The predicted molar refractivity (Wildman–Crippen MR) is 89.1 cm³/mol. The second-order valence-corrected chi connectivity index (χ2v) is 6.97. The molecule has 0 spiro atoms. The van der Waals surface area contributed by atoms with E-state index in [9.17, 15) is 22.8 Å². The van der Waals surface area contributed by atoms with E-state index in [1.54, 1.807) is 0 Å². The van der Waals surface area contributed by atoms with Gasteiger partial charge in [0.15, 0.2) is 6.10 Å². The maximum Gasteiger partial charge on any atom is 0.414 e. The lowest BCUT2D eigenvalue weighted by molar-refractivity contribution is -0.215. The molecule has 2 amide bonds. The number of carbonyl (C=O) groups excluding carboxylic acids is 2. The number of benzene rings is 1. The highest BCUT2D eigenvalue weighted by Crippen LogP contribution is 2.34. The normalized spacial score (nSPS) is 22.9. The molecule has 1 aliphatic heterocycles. The Kier molecular flexibility index (Phi) is 5.43. The topological polar surface area (TPSA) is 67.4 Å². The highest BCUT2D eigenvalue weighted by molar-refractivity contribution is 6.34. The van der Waals surface area contributed by atoms with Gasteiger partial charge in [0.2, 0.25) is 5.91 Å². The first-order valence-corrected chi connectivity index (χ1v) is 8.72. The van der Waals surface area contributed by atoms with Gasteiger partial charge < -0.3 is 15.4 Å². The number of hydrogen-bond donors (Lipinski definition) is 2. The average Bonchev–Trinajstić information content (AvgIpc) is 3.22. The lowest BCUT2D eigenvalue weighted by Gasteiger charge is -2.16. The number of halogens is 4. The molecule has 1 aromatic carbocycles. The van der Waals surface area contributed by atoms with Crippen molar-refractivity contribution >= 4 is 29.1 Å². The number of hydrogen-bond acceptors (Lipinski definition) is 3. The standard InChI is InChI=1S/C17H18ClF3N2O3/c18-13-5-3-10(7-12(13)16(25)23-9-1-2-9)22-15(24)8-11-4-6-14(26-11)17(19,20)21/h3,5,7,9,11,14H,1-2,4,6,8H2,(H,22,24)(H,23,25). The monoisotopic (exact) mass is 390 g/mol. The minimum atomic E-state index is -4.41. The summed E-state index contributed by atoms with van der Waals surface area (Å²) in [4.78, 5) is 24.2. The van der Waals surface area contributed by atoms with E-state index in [2.05, 4.69) is 10.6 Å². The van der Waals surface area contributed by atoms with E-state index in [0.29, 0.717) is 5.69 Å². The Balaban J connectivity index is 1.56. The van der Waals surface area contributed by atoms with Crippen molar-refractivity contribution in [1.29, 1.82) is 0 Å². The molecule has 2 aliphatic rings. The van der Waals surface area contributed by atoms with Gasteiger partial charge in [-0.3, -0.25) is 9.59 Å². The smallest absolute Gasteiger partial charge is 0.365 e. The predicted octanol–water partition coefficient (Wildman–Crippen LogP) is 3.67. The third-order valence-electron chi connectivity index (χ3n) is 4.29. The second kappa shape index (κ2) is 7.44. The van der Waals surface area contributed by atoms with Crippen molar-refractivity contribution in [3.63, 3.8) is 0 Å². The molecule has 1 saturated carbocycles. The van der Waals surface area contributed by atoms with Gasteiger partial charge >= 0.3 is 6.18 Å². The fourth-order valence-electron chi connectivity index (χ4n) is 2.78. The van der Waals surface area contributed by atoms with Crippen molar-refractivity contribution in [3.05, 3.63) is 28.8 Å². The van der Waals surface area contributed by atoms with Crippen LogP contribution in [0.4, 0.5) is 18.9 Å². The molecule has 142 valence electrons. The first-order chi connectivity index (χ1) is 12.2. The molecule has 1 heterocycles. The van der Waals surface area contributed by atoms with Gasteiger partial charge in [-0.25, -0.2) is 0 Å². The summed E-state index contributed by atoms with van der Waals surface area (Å²) in [5, 5.41) is 5.64. The van der Waals surface area contributed by atoms with Gasteiger partial charge in [-0.1, -0.05) is 11.6 Å². The second-order valence-electron chi connectivity index (χ2n) is 6.56. The molecule has 26 heavy (non-hydrogen) atoms. The summed E-state index contributed by atoms with van der Waals surface area (Å²) in [6, 6.07) is 4.64. The van der Waals surface area contributed by atoms with Gasteiger partial charge in [0.1, 0.15) is 0 Å². The summed E-state index contributed by atoms with van der Waals surface area (Å²) >= 11 is 6.03. The minimum Gasteiger partial charge on any atom is -0.365 e. The molecule has 2 atom stereocenters. The number of carbonyl (C=O) groups is 2. The van der Waals surface area contributed by atoms with E-state index in [-0.39, 0.29) is 41.8 Å². The Hall–Kier alpha value is -1.80. The summed E-state index contributed by atoms with van der Waals surface area (Å²) in [5.74, 6) is -0.797. The Labute approximate surface area is 153 Å². The van der Waals surface area contributed by atoms with E-state index in [1.807, 2.05) is 0 Å². The van der Waals surface area contributed by atoms with Crippen LogP contribution in [0.25, 0.3) is 0 Å². The number of anilines is 1. The summed E-state index contributed by atoms with van der Waals surface area (Å²) < 4.78 is 42.7. The summed E-state index contributed by atoms with van der Waals surface area (Å²) in [6.07, 6.45) is -5.29. The van der Waals surface area contributed by atoms with E-state index in [0.717, 1.165) is 12.8 Å². The van der Waals surface area contributed by atoms with Crippen LogP contribution in [0.5, 0.6) is 0 Å². The SMILES string of the molecule is O=C(CC1CCC(C(F)(F)F)O1)Nc1ccc(Cl)c(C(=O)NC2CC2)c1. The zero-order chi connectivity index (χ0) is 18.9. The number of amides is 2. The molecule has 0 radical (unpaired) electrons. The zero-order valence-corrected chi connectivity index (χ0v) is 14.5. The molecule has 0 aromatic heterocycles. The van der Waals surface area contributed by atoms with Crippen LogP contribution in [0.15, 0.2) is 18.2 Å².